The fourth-order valence-electron chi connectivity index (χ4n) is 5.79. The van der Waals surface area contributed by atoms with E-state index < -0.39 is 11.8 Å². The van der Waals surface area contributed by atoms with Crippen molar-refractivity contribution in [3.8, 4) is 0 Å². The van der Waals surface area contributed by atoms with Gasteiger partial charge < -0.3 is 4.98 Å². The zero-order valence-electron chi connectivity index (χ0n) is 23.6. The summed E-state index contributed by atoms with van der Waals surface area (Å²) in [4.78, 5) is 35.1. The van der Waals surface area contributed by atoms with Gasteiger partial charge in [-0.2, -0.15) is 0 Å². The molecule has 1 N–H and O–H groups in total. The van der Waals surface area contributed by atoms with Crippen molar-refractivity contribution in [1.29, 1.82) is 0 Å². The number of carbonyl (C=O) groups excluding carboxylic acids is 2. The number of fused-ring (bicyclic) bond motifs is 3. The number of rotatable bonds is 5. The van der Waals surface area contributed by atoms with Gasteiger partial charge in [0.05, 0.1) is 16.9 Å². The van der Waals surface area contributed by atoms with Gasteiger partial charge in [0.2, 0.25) is 0 Å². The van der Waals surface area contributed by atoms with Gasteiger partial charge in [0.15, 0.2) is 5.11 Å². The van der Waals surface area contributed by atoms with Gasteiger partial charge in [0, 0.05) is 26.6 Å². The second-order valence-corrected chi connectivity index (χ2v) is 12.4. The van der Waals surface area contributed by atoms with Crippen molar-refractivity contribution in [3.63, 3.8) is 0 Å². The number of aromatic amines is 1. The minimum absolute atomic E-state index is 0.0604. The minimum atomic E-state index is -0.439. The molecule has 0 unspecified atom stereocenters. The summed E-state index contributed by atoms with van der Waals surface area (Å²) < 4.78 is 0. The van der Waals surface area contributed by atoms with E-state index in [1.807, 2.05) is 66.7 Å². The van der Waals surface area contributed by atoms with Crippen LogP contribution in [0.3, 0.4) is 0 Å². The van der Waals surface area contributed by atoms with E-state index in [0.717, 1.165) is 21.5 Å². The van der Waals surface area contributed by atoms with E-state index in [4.69, 9.17) is 12.2 Å². The highest BCUT2D eigenvalue weighted by molar-refractivity contribution is 7.81. The Morgan fingerprint density at radius 1 is 0.744 bits per heavy atom. The first-order chi connectivity index (χ1) is 20.8. The van der Waals surface area contributed by atoms with E-state index in [9.17, 15) is 9.59 Å². The van der Waals surface area contributed by atoms with Gasteiger partial charge in [-0.15, -0.1) is 11.3 Å². The maximum absolute atomic E-state index is 13.9. The molecule has 0 spiro atoms. The molecule has 2 amide bonds. The number of carbonyl (C=O) groups is 2. The zero-order chi connectivity index (χ0) is 29.7. The summed E-state index contributed by atoms with van der Waals surface area (Å²) in [5.41, 5.74) is 5.43. The summed E-state index contributed by atoms with van der Waals surface area (Å²) in [6.07, 6.45) is 1.70. The van der Waals surface area contributed by atoms with Crippen LogP contribution in [0.1, 0.15) is 29.9 Å². The van der Waals surface area contributed by atoms with E-state index >= 15 is 0 Å². The highest BCUT2D eigenvalue weighted by atomic mass is 32.1. The van der Waals surface area contributed by atoms with Crippen LogP contribution in [0.4, 0.5) is 11.4 Å². The average molecular weight is 598 g/mol. The summed E-state index contributed by atoms with van der Waals surface area (Å²) >= 11 is 7.25. The molecule has 5 nitrogen and oxygen atoms in total. The Balaban J connectivity index is 1.30. The molecule has 0 radical (unpaired) electrons. The van der Waals surface area contributed by atoms with Crippen molar-refractivity contribution in [2.24, 2.45) is 0 Å². The lowest BCUT2D eigenvalue weighted by atomic mass is 9.78. The standard InChI is InChI=1S/C36H27N3O2S2/c1-36(2,30-18-11-17-28-27-16-9-10-19-31(27)37-32(28)30)23-20-26(43-22-23)21-29-33(40)38(24-12-5-3-6-13-24)35(42)39(34(29)41)25-14-7-4-8-15-25/h3-22,37H,1-2H3. The van der Waals surface area contributed by atoms with Crippen molar-refractivity contribution >= 4 is 79.7 Å². The predicted octanol–water partition coefficient (Wildman–Crippen LogP) is 8.46. The van der Waals surface area contributed by atoms with Gasteiger partial charge in [-0.05, 0) is 71.2 Å². The summed E-state index contributed by atoms with van der Waals surface area (Å²) in [7, 11) is 0. The number of amides is 2. The van der Waals surface area contributed by atoms with Crippen LogP contribution >= 0.6 is 23.6 Å². The van der Waals surface area contributed by atoms with E-state index in [1.54, 1.807) is 6.08 Å². The fourth-order valence-corrected chi connectivity index (χ4v) is 7.17. The summed E-state index contributed by atoms with van der Waals surface area (Å²) in [6, 6.07) is 35.2. The molecule has 1 aliphatic rings. The predicted molar refractivity (Wildman–Crippen MR) is 181 cm³/mol. The normalized spacial score (nSPS) is 14.3. The van der Waals surface area contributed by atoms with Gasteiger partial charge in [0.1, 0.15) is 5.57 Å². The molecule has 7 rings (SSSR count). The molecule has 210 valence electrons. The van der Waals surface area contributed by atoms with Crippen LogP contribution in [0, 0.1) is 0 Å². The monoisotopic (exact) mass is 597 g/mol. The molecule has 0 saturated carbocycles. The number of para-hydroxylation sites is 4. The van der Waals surface area contributed by atoms with Crippen molar-refractivity contribution in [3.05, 3.63) is 136 Å². The largest absolute Gasteiger partial charge is 0.354 e. The van der Waals surface area contributed by atoms with Crippen LogP contribution in [0.5, 0.6) is 0 Å². The van der Waals surface area contributed by atoms with Crippen LogP contribution in [-0.4, -0.2) is 21.9 Å². The Morgan fingerprint density at radius 3 is 1.98 bits per heavy atom. The topological polar surface area (TPSA) is 56.4 Å². The second-order valence-electron chi connectivity index (χ2n) is 11.1. The van der Waals surface area contributed by atoms with Crippen molar-refractivity contribution < 1.29 is 9.59 Å². The Kier molecular flexibility index (Phi) is 6.57. The zero-order valence-corrected chi connectivity index (χ0v) is 25.2. The third-order valence-electron chi connectivity index (χ3n) is 8.12. The SMILES string of the molecule is CC(C)(c1csc(C=C2C(=O)N(c3ccccc3)C(=S)N(c3ccccc3)C2=O)c1)c1cccc2c1[nH]c1ccccc12. The van der Waals surface area contributed by atoms with Crippen molar-refractivity contribution in [2.75, 3.05) is 9.80 Å². The van der Waals surface area contributed by atoms with E-state index in [-0.39, 0.29) is 16.1 Å². The van der Waals surface area contributed by atoms with Gasteiger partial charge in [-0.25, -0.2) is 0 Å². The molecular formula is C36H27N3O2S2. The number of H-pyrrole nitrogens is 1. The first kappa shape index (κ1) is 27.0. The summed E-state index contributed by atoms with van der Waals surface area (Å²) in [5.74, 6) is -0.879. The number of hydrogen-bond donors (Lipinski definition) is 1. The smallest absolute Gasteiger partial charge is 0.270 e. The molecular weight excluding hydrogens is 571 g/mol. The van der Waals surface area contributed by atoms with Crippen LogP contribution in [0.25, 0.3) is 27.9 Å². The highest BCUT2D eigenvalue weighted by Crippen LogP contribution is 2.40. The Labute approximate surface area is 258 Å². The Hall–Kier alpha value is -4.85. The Bertz CT molecular complexity index is 2010. The summed E-state index contributed by atoms with van der Waals surface area (Å²) in [6.45, 7) is 4.41. The molecule has 1 saturated heterocycles. The maximum Gasteiger partial charge on any atom is 0.270 e. The van der Waals surface area contributed by atoms with Crippen LogP contribution in [-0.2, 0) is 15.0 Å². The quantitative estimate of drug-likeness (QED) is 0.123. The lowest BCUT2D eigenvalue weighted by Crippen LogP contribution is -2.56. The van der Waals surface area contributed by atoms with Crippen molar-refractivity contribution in [2.45, 2.75) is 19.3 Å². The molecule has 0 atom stereocenters. The van der Waals surface area contributed by atoms with Crippen LogP contribution < -0.4 is 9.80 Å². The maximum atomic E-state index is 13.9. The summed E-state index contributed by atoms with van der Waals surface area (Å²) in [5, 5.41) is 4.63. The highest BCUT2D eigenvalue weighted by Gasteiger charge is 2.41. The number of hydrogen-bond acceptors (Lipinski definition) is 4. The first-order valence-corrected chi connectivity index (χ1v) is 15.3. The lowest BCUT2D eigenvalue weighted by Gasteiger charge is -2.36. The number of nitrogens with zero attached hydrogens (tertiary/aromatic N) is 2. The number of thiocarbonyl (C=S) groups is 1. The molecule has 6 aromatic rings. The third-order valence-corrected chi connectivity index (χ3v) is 9.37. The number of aromatic nitrogens is 1. The molecule has 1 fully saturated rings. The molecule has 7 heteroatoms. The molecule has 0 aliphatic carbocycles. The number of anilines is 2. The first-order valence-electron chi connectivity index (χ1n) is 14.0. The van der Waals surface area contributed by atoms with Gasteiger partial charge >= 0.3 is 0 Å². The van der Waals surface area contributed by atoms with Crippen molar-refractivity contribution in [1.82, 2.24) is 4.98 Å². The molecule has 3 heterocycles. The number of benzene rings is 4. The van der Waals surface area contributed by atoms with Crippen LogP contribution in [0.15, 0.2) is 120 Å². The molecule has 43 heavy (non-hydrogen) atoms. The van der Waals surface area contributed by atoms with Gasteiger partial charge in [0.25, 0.3) is 11.8 Å². The number of thiophene rings is 1. The minimum Gasteiger partial charge on any atom is -0.354 e. The molecule has 4 aromatic carbocycles. The fraction of sp³-hybridized carbons (Fsp3) is 0.0833. The Morgan fingerprint density at radius 2 is 1.33 bits per heavy atom. The van der Waals surface area contributed by atoms with E-state index in [0.29, 0.717) is 11.4 Å². The van der Waals surface area contributed by atoms with Crippen LogP contribution in [0.2, 0.25) is 0 Å². The number of nitrogens with one attached hydrogen (secondary N) is 1. The third kappa shape index (κ3) is 4.49. The van der Waals surface area contributed by atoms with Gasteiger partial charge in [-0.1, -0.05) is 86.6 Å². The second kappa shape index (κ2) is 10.5. The lowest BCUT2D eigenvalue weighted by molar-refractivity contribution is -0.120. The average Bonchev–Trinajstić information content (AvgIpc) is 3.66. The molecule has 2 aromatic heterocycles. The van der Waals surface area contributed by atoms with E-state index in [1.165, 1.54) is 37.5 Å². The van der Waals surface area contributed by atoms with Gasteiger partial charge in [-0.3, -0.25) is 19.4 Å². The molecule has 0 bridgehead atoms. The molecule has 1 aliphatic heterocycles. The van der Waals surface area contributed by atoms with E-state index in [2.05, 4.69) is 66.7 Å².